The topological polar surface area (TPSA) is 74.1 Å². The van der Waals surface area contributed by atoms with E-state index in [-0.39, 0.29) is 0 Å². The highest BCUT2D eigenvalue weighted by Crippen LogP contribution is 2.37. The summed E-state index contributed by atoms with van der Waals surface area (Å²) in [6, 6.07) is 9.18. The van der Waals surface area contributed by atoms with Crippen molar-refractivity contribution < 1.29 is 9.47 Å². The van der Waals surface area contributed by atoms with Crippen LogP contribution in [-0.2, 0) is 20.2 Å². The molecule has 0 saturated heterocycles. The Morgan fingerprint density at radius 1 is 1.03 bits per heavy atom. The number of aromatic nitrogens is 4. The second kappa shape index (κ2) is 11.8. The number of benzene rings is 2. The third-order valence-corrected chi connectivity index (χ3v) is 6.19. The van der Waals surface area contributed by atoms with Crippen LogP contribution in [0.25, 0.3) is 0 Å². The molecule has 0 fully saturated rings. The average molecular weight is 503 g/mol. The normalized spacial score (nSPS) is 11.0. The maximum atomic E-state index is 6.51. The molecule has 0 unspecified atom stereocenters. The largest absolute Gasteiger partial charge is 0.490 e. The lowest BCUT2D eigenvalue weighted by Gasteiger charge is -2.16. The molecule has 0 aliphatic rings. The highest BCUT2D eigenvalue weighted by atomic mass is 35.5. The van der Waals surface area contributed by atoms with Crippen LogP contribution in [0.2, 0.25) is 15.1 Å². The van der Waals surface area contributed by atoms with Gasteiger partial charge in [0.25, 0.3) is 0 Å². The number of aryl methyl sites for hydroxylation is 1. The van der Waals surface area contributed by atoms with E-state index < -0.39 is 0 Å². The molecule has 3 rings (SSSR count). The summed E-state index contributed by atoms with van der Waals surface area (Å²) in [7, 11) is 1.82. The molecular formula is C20H22Cl3N5O2S. The van der Waals surface area contributed by atoms with E-state index in [1.807, 2.05) is 32.2 Å². The van der Waals surface area contributed by atoms with Crippen LogP contribution in [0.4, 0.5) is 0 Å². The van der Waals surface area contributed by atoms with Crippen molar-refractivity contribution in [2.24, 2.45) is 7.05 Å². The van der Waals surface area contributed by atoms with Gasteiger partial charge in [-0.2, -0.15) is 0 Å². The number of thioether (sulfide) groups is 1. The molecule has 3 aromatic rings. The van der Waals surface area contributed by atoms with Gasteiger partial charge in [-0.3, -0.25) is 0 Å². The number of ether oxygens (including phenoxy) is 2. The van der Waals surface area contributed by atoms with Crippen LogP contribution in [-0.4, -0.2) is 39.1 Å². The Hall–Kier alpha value is -1.71. The lowest BCUT2D eigenvalue weighted by molar-refractivity contribution is 0.269. The number of halogens is 3. The molecular weight excluding hydrogens is 481 g/mol. The van der Waals surface area contributed by atoms with Crippen LogP contribution in [0.5, 0.6) is 11.5 Å². The quantitative estimate of drug-likeness (QED) is 0.291. The Balaban J connectivity index is 1.58. The fraction of sp³-hybridized carbons (Fsp3) is 0.350. The SMILES string of the molecule is CCOc1cc(CNCCSc2nnnn2C)cc(Cl)c1OCc1ccc(Cl)c(Cl)c1. The molecule has 1 aromatic heterocycles. The molecule has 1 heterocycles. The minimum atomic E-state index is 0.294. The third kappa shape index (κ3) is 6.89. The van der Waals surface area contributed by atoms with E-state index in [0.717, 1.165) is 28.6 Å². The van der Waals surface area contributed by atoms with E-state index in [1.165, 1.54) is 0 Å². The first-order chi connectivity index (χ1) is 15.0. The zero-order valence-corrected chi connectivity index (χ0v) is 20.2. The predicted molar refractivity (Wildman–Crippen MR) is 125 cm³/mol. The fourth-order valence-electron chi connectivity index (χ4n) is 2.70. The summed E-state index contributed by atoms with van der Waals surface area (Å²) in [6.45, 7) is 4.14. The second-order valence-corrected chi connectivity index (χ2v) is 8.77. The summed E-state index contributed by atoms with van der Waals surface area (Å²) in [6.07, 6.45) is 0. The molecule has 166 valence electrons. The van der Waals surface area contributed by atoms with E-state index in [1.54, 1.807) is 28.6 Å². The van der Waals surface area contributed by atoms with Gasteiger partial charge in [0.1, 0.15) is 6.61 Å². The second-order valence-electron chi connectivity index (χ2n) is 6.49. The highest BCUT2D eigenvalue weighted by molar-refractivity contribution is 7.99. The van der Waals surface area contributed by atoms with Crippen LogP contribution in [0, 0.1) is 0 Å². The monoisotopic (exact) mass is 501 g/mol. The van der Waals surface area contributed by atoms with E-state index in [4.69, 9.17) is 44.3 Å². The zero-order valence-electron chi connectivity index (χ0n) is 17.1. The summed E-state index contributed by atoms with van der Waals surface area (Å²) in [4.78, 5) is 0. The van der Waals surface area contributed by atoms with Crippen LogP contribution >= 0.6 is 46.6 Å². The number of nitrogens with one attached hydrogen (secondary N) is 1. The van der Waals surface area contributed by atoms with Gasteiger partial charge in [0.15, 0.2) is 11.5 Å². The Bertz CT molecular complexity index is 1020. The lowest BCUT2D eigenvalue weighted by atomic mass is 10.2. The highest BCUT2D eigenvalue weighted by Gasteiger charge is 2.13. The van der Waals surface area contributed by atoms with Crippen molar-refractivity contribution in [3.63, 3.8) is 0 Å². The smallest absolute Gasteiger partial charge is 0.209 e. The van der Waals surface area contributed by atoms with E-state index in [9.17, 15) is 0 Å². The molecule has 11 heteroatoms. The fourth-order valence-corrected chi connectivity index (χ4v) is 4.06. The first kappa shape index (κ1) is 23.9. The molecule has 0 spiro atoms. The van der Waals surface area contributed by atoms with Crippen LogP contribution < -0.4 is 14.8 Å². The van der Waals surface area contributed by atoms with Crippen molar-refractivity contribution in [1.29, 1.82) is 0 Å². The molecule has 0 aliphatic carbocycles. The number of hydrogen-bond acceptors (Lipinski definition) is 7. The first-order valence-electron chi connectivity index (χ1n) is 9.55. The third-order valence-electron chi connectivity index (χ3n) is 4.16. The Morgan fingerprint density at radius 3 is 2.55 bits per heavy atom. The van der Waals surface area contributed by atoms with Gasteiger partial charge in [0, 0.05) is 25.9 Å². The number of tetrazole rings is 1. The van der Waals surface area contributed by atoms with Gasteiger partial charge in [-0.1, -0.05) is 52.6 Å². The predicted octanol–water partition coefficient (Wildman–Crippen LogP) is 5.03. The molecule has 7 nitrogen and oxygen atoms in total. The van der Waals surface area contributed by atoms with Gasteiger partial charge in [-0.05, 0) is 52.7 Å². The van der Waals surface area contributed by atoms with Gasteiger partial charge in [0.2, 0.25) is 5.16 Å². The maximum Gasteiger partial charge on any atom is 0.209 e. The minimum Gasteiger partial charge on any atom is -0.490 e. The summed E-state index contributed by atoms with van der Waals surface area (Å²) < 4.78 is 13.4. The Morgan fingerprint density at radius 2 is 1.84 bits per heavy atom. The van der Waals surface area contributed by atoms with Crippen molar-refractivity contribution in [3.8, 4) is 11.5 Å². The van der Waals surface area contributed by atoms with Gasteiger partial charge in [-0.15, -0.1) is 5.10 Å². The molecule has 0 amide bonds. The summed E-state index contributed by atoms with van der Waals surface area (Å²) in [5, 5.41) is 17.0. The molecule has 0 atom stereocenters. The minimum absolute atomic E-state index is 0.294. The lowest BCUT2D eigenvalue weighted by Crippen LogP contribution is -2.17. The molecule has 0 radical (unpaired) electrons. The molecule has 1 N–H and O–H groups in total. The first-order valence-corrected chi connectivity index (χ1v) is 11.7. The maximum absolute atomic E-state index is 6.51. The zero-order chi connectivity index (χ0) is 22.2. The van der Waals surface area contributed by atoms with Crippen molar-refractivity contribution in [3.05, 3.63) is 56.5 Å². The summed E-state index contributed by atoms with van der Waals surface area (Å²) in [5.41, 5.74) is 1.88. The van der Waals surface area contributed by atoms with Crippen LogP contribution in [0.1, 0.15) is 18.1 Å². The summed E-state index contributed by atoms with van der Waals surface area (Å²) in [5.74, 6) is 1.94. The van der Waals surface area contributed by atoms with E-state index >= 15 is 0 Å². The van der Waals surface area contributed by atoms with E-state index in [0.29, 0.717) is 46.3 Å². The average Bonchev–Trinajstić information content (AvgIpc) is 3.14. The van der Waals surface area contributed by atoms with Gasteiger partial charge in [0.05, 0.1) is 21.7 Å². The van der Waals surface area contributed by atoms with Crippen molar-refractivity contribution in [2.45, 2.75) is 25.2 Å². The van der Waals surface area contributed by atoms with Crippen molar-refractivity contribution in [2.75, 3.05) is 18.9 Å². The van der Waals surface area contributed by atoms with Gasteiger partial charge in [-0.25, -0.2) is 4.68 Å². The Labute approximate surface area is 200 Å². The van der Waals surface area contributed by atoms with Crippen LogP contribution in [0.3, 0.4) is 0 Å². The summed E-state index contributed by atoms with van der Waals surface area (Å²) >= 11 is 20.1. The van der Waals surface area contributed by atoms with Crippen molar-refractivity contribution in [1.82, 2.24) is 25.5 Å². The molecule has 0 saturated carbocycles. The number of nitrogens with zero attached hydrogens (tertiary/aromatic N) is 4. The van der Waals surface area contributed by atoms with Gasteiger partial charge >= 0.3 is 0 Å². The number of rotatable bonds is 11. The number of hydrogen-bond donors (Lipinski definition) is 1. The Kier molecular flexibility index (Phi) is 9.10. The van der Waals surface area contributed by atoms with Crippen LogP contribution in [0.15, 0.2) is 35.5 Å². The van der Waals surface area contributed by atoms with E-state index in [2.05, 4.69) is 20.8 Å². The molecule has 0 bridgehead atoms. The van der Waals surface area contributed by atoms with Crippen molar-refractivity contribution >= 4 is 46.6 Å². The molecule has 2 aromatic carbocycles. The van der Waals surface area contributed by atoms with Gasteiger partial charge < -0.3 is 14.8 Å². The standard InChI is InChI=1S/C20H22Cl3N5O2S/c1-3-29-18-10-14(11-24-6-7-31-20-25-26-27-28(20)2)9-17(23)19(18)30-12-13-4-5-15(21)16(22)8-13/h4-5,8-10,24H,3,6-7,11-12H2,1-2H3. The molecule has 0 aliphatic heterocycles. The molecule has 31 heavy (non-hydrogen) atoms.